The molecule has 0 bridgehead atoms. The molecule has 1 rings (SSSR count). The van der Waals surface area contributed by atoms with Crippen molar-refractivity contribution in [1.82, 2.24) is 0 Å². The van der Waals surface area contributed by atoms with Crippen LogP contribution >= 0.6 is 0 Å². The van der Waals surface area contributed by atoms with Crippen LogP contribution in [0.25, 0.3) is 0 Å². The second-order valence-electron chi connectivity index (χ2n) is 3.05. The summed E-state index contributed by atoms with van der Waals surface area (Å²) in [5.74, 6) is 0.0671. The van der Waals surface area contributed by atoms with Crippen molar-refractivity contribution in [2.45, 2.75) is 26.6 Å². The SMILES string of the molecule is Cc1cccc([C@@H](C)O)c1OC(F)F. The Balaban J connectivity index is 3.09. The van der Waals surface area contributed by atoms with E-state index in [9.17, 15) is 13.9 Å². The first kappa shape index (κ1) is 10.9. The number of para-hydroxylation sites is 1. The maximum atomic E-state index is 12.0. The molecule has 14 heavy (non-hydrogen) atoms. The van der Waals surface area contributed by atoms with Crippen LogP contribution < -0.4 is 4.74 Å². The van der Waals surface area contributed by atoms with Crippen molar-refractivity contribution in [3.8, 4) is 5.75 Å². The average molecular weight is 202 g/mol. The first-order valence-corrected chi connectivity index (χ1v) is 4.24. The van der Waals surface area contributed by atoms with E-state index in [1.165, 1.54) is 6.92 Å². The van der Waals surface area contributed by atoms with Gasteiger partial charge in [-0.2, -0.15) is 8.78 Å². The summed E-state index contributed by atoms with van der Waals surface area (Å²) in [5.41, 5.74) is 0.967. The maximum absolute atomic E-state index is 12.0. The Hall–Kier alpha value is -1.16. The summed E-state index contributed by atoms with van der Waals surface area (Å²) in [6.45, 7) is 0.296. The number of halogens is 2. The molecule has 0 spiro atoms. The monoisotopic (exact) mass is 202 g/mol. The van der Waals surface area contributed by atoms with Crippen LogP contribution in [0, 0.1) is 6.92 Å². The largest absolute Gasteiger partial charge is 0.434 e. The van der Waals surface area contributed by atoms with Crippen molar-refractivity contribution in [1.29, 1.82) is 0 Å². The van der Waals surface area contributed by atoms with E-state index < -0.39 is 12.7 Å². The van der Waals surface area contributed by atoms with Crippen LogP contribution in [0.5, 0.6) is 5.75 Å². The van der Waals surface area contributed by atoms with Crippen LogP contribution in [-0.4, -0.2) is 11.7 Å². The van der Waals surface area contributed by atoms with Crippen molar-refractivity contribution >= 4 is 0 Å². The third-order valence-corrected chi connectivity index (χ3v) is 1.90. The van der Waals surface area contributed by atoms with E-state index in [-0.39, 0.29) is 5.75 Å². The quantitative estimate of drug-likeness (QED) is 0.816. The fourth-order valence-corrected chi connectivity index (χ4v) is 1.25. The van der Waals surface area contributed by atoms with Gasteiger partial charge in [0, 0.05) is 5.56 Å². The molecule has 1 N–H and O–H groups in total. The summed E-state index contributed by atoms with van der Waals surface area (Å²) < 4.78 is 28.4. The predicted molar refractivity (Wildman–Crippen MR) is 48.4 cm³/mol. The van der Waals surface area contributed by atoms with Crippen molar-refractivity contribution < 1.29 is 18.6 Å². The van der Waals surface area contributed by atoms with Gasteiger partial charge in [0.25, 0.3) is 0 Å². The number of benzene rings is 1. The molecule has 0 aromatic heterocycles. The van der Waals surface area contributed by atoms with Gasteiger partial charge in [-0.15, -0.1) is 0 Å². The number of aliphatic hydroxyl groups excluding tert-OH is 1. The molecule has 0 heterocycles. The maximum Gasteiger partial charge on any atom is 0.387 e. The molecule has 0 aliphatic carbocycles. The molecule has 0 radical (unpaired) electrons. The van der Waals surface area contributed by atoms with Crippen LogP contribution in [0.4, 0.5) is 8.78 Å². The van der Waals surface area contributed by atoms with Crippen molar-refractivity contribution in [2.24, 2.45) is 0 Å². The molecule has 1 atom stereocenters. The summed E-state index contributed by atoms with van der Waals surface area (Å²) in [6.07, 6.45) is -0.816. The highest BCUT2D eigenvalue weighted by molar-refractivity contribution is 5.41. The first-order valence-electron chi connectivity index (χ1n) is 4.24. The predicted octanol–water partition coefficient (Wildman–Crippen LogP) is 2.65. The summed E-state index contributed by atoms with van der Waals surface area (Å²) >= 11 is 0. The van der Waals surface area contributed by atoms with E-state index in [0.717, 1.165) is 0 Å². The minimum atomic E-state index is -2.87. The molecular formula is C10H12F2O2. The molecule has 1 aromatic carbocycles. The zero-order valence-corrected chi connectivity index (χ0v) is 8.00. The summed E-state index contributed by atoms with van der Waals surface area (Å²) in [7, 11) is 0. The highest BCUT2D eigenvalue weighted by atomic mass is 19.3. The highest BCUT2D eigenvalue weighted by Gasteiger charge is 2.14. The van der Waals surface area contributed by atoms with Gasteiger partial charge >= 0.3 is 6.61 Å². The fraction of sp³-hybridized carbons (Fsp3) is 0.400. The molecule has 0 saturated carbocycles. The van der Waals surface area contributed by atoms with Crippen molar-refractivity contribution in [3.63, 3.8) is 0 Å². The van der Waals surface area contributed by atoms with Gasteiger partial charge < -0.3 is 9.84 Å². The number of alkyl halides is 2. The molecular weight excluding hydrogens is 190 g/mol. The van der Waals surface area contributed by atoms with E-state index in [1.807, 2.05) is 0 Å². The number of aliphatic hydroxyl groups is 1. The van der Waals surface area contributed by atoms with Crippen LogP contribution in [0.15, 0.2) is 18.2 Å². The molecule has 0 aliphatic rings. The Kier molecular flexibility index (Phi) is 3.41. The van der Waals surface area contributed by atoms with E-state index in [4.69, 9.17) is 0 Å². The molecule has 78 valence electrons. The zero-order valence-electron chi connectivity index (χ0n) is 8.00. The van der Waals surface area contributed by atoms with E-state index in [1.54, 1.807) is 25.1 Å². The normalized spacial score (nSPS) is 13.0. The van der Waals surface area contributed by atoms with Crippen LogP contribution in [0.1, 0.15) is 24.2 Å². The van der Waals surface area contributed by atoms with Gasteiger partial charge in [0.05, 0.1) is 6.10 Å². The summed E-state index contributed by atoms with van der Waals surface area (Å²) in [6, 6.07) is 4.91. The molecule has 4 heteroatoms. The van der Waals surface area contributed by atoms with Crippen LogP contribution in [-0.2, 0) is 0 Å². The van der Waals surface area contributed by atoms with Gasteiger partial charge in [0.15, 0.2) is 0 Å². The molecule has 0 saturated heterocycles. The second-order valence-corrected chi connectivity index (χ2v) is 3.05. The minimum Gasteiger partial charge on any atom is -0.434 e. The van der Waals surface area contributed by atoms with Gasteiger partial charge in [-0.25, -0.2) is 0 Å². The van der Waals surface area contributed by atoms with E-state index >= 15 is 0 Å². The minimum absolute atomic E-state index is 0.0671. The lowest BCUT2D eigenvalue weighted by atomic mass is 10.1. The third kappa shape index (κ3) is 2.42. The van der Waals surface area contributed by atoms with E-state index in [2.05, 4.69) is 4.74 Å². The van der Waals surface area contributed by atoms with Gasteiger partial charge in [0.2, 0.25) is 0 Å². The Labute approximate surface area is 81.1 Å². The molecule has 0 amide bonds. The highest BCUT2D eigenvalue weighted by Crippen LogP contribution is 2.29. The van der Waals surface area contributed by atoms with Gasteiger partial charge in [-0.05, 0) is 19.4 Å². The second kappa shape index (κ2) is 4.37. The summed E-state index contributed by atoms with van der Waals surface area (Å²) in [4.78, 5) is 0. The number of hydrogen-bond donors (Lipinski definition) is 1. The van der Waals surface area contributed by atoms with Crippen LogP contribution in [0.2, 0.25) is 0 Å². The van der Waals surface area contributed by atoms with Gasteiger partial charge in [-0.3, -0.25) is 0 Å². The van der Waals surface area contributed by atoms with Gasteiger partial charge in [0.1, 0.15) is 5.75 Å². The lowest BCUT2D eigenvalue weighted by Crippen LogP contribution is -2.07. The first-order chi connectivity index (χ1) is 6.52. The summed E-state index contributed by atoms with van der Waals surface area (Å²) in [5, 5.41) is 9.32. The lowest BCUT2D eigenvalue weighted by Gasteiger charge is -2.14. The zero-order chi connectivity index (χ0) is 10.7. The van der Waals surface area contributed by atoms with Gasteiger partial charge in [-0.1, -0.05) is 18.2 Å². The van der Waals surface area contributed by atoms with Crippen LogP contribution in [0.3, 0.4) is 0 Å². The number of ether oxygens (including phenoxy) is 1. The topological polar surface area (TPSA) is 29.5 Å². The molecule has 0 aliphatic heterocycles. The number of hydrogen-bond acceptors (Lipinski definition) is 2. The average Bonchev–Trinajstić information content (AvgIpc) is 2.07. The standard InChI is InChI=1S/C10H12F2O2/c1-6-4-3-5-8(7(2)13)9(6)14-10(11)12/h3-5,7,10,13H,1-2H3/t7-/m1/s1. The molecule has 2 nitrogen and oxygen atoms in total. The number of aryl methyl sites for hydroxylation is 1. The Bertz CT molecular complexity index is 311. The Morgan fingerprint density at radius 2 is 2.00 bits per heavy atom. The lowest BCUT2D eigenvalue weighted by molar-refractivity contribution is -0.0518. The van der Waals surface area contributed by atoms with Crippen molar-refractivity contribution in [3.05, 3.63) is 29.3 Å². The van der Waals surface area contributed by atoms with E-state index in [0.29, 0.717) is 11.1 Å². The Morgan fingerprint density at radius 1 is 1.36 bits per heavy atom. The fourth-order valence-electron chi connectivity index (χ4n) is 1.25. The smallest absolute Gasteiger partial charge is 0.387 e. The third-order valence-electron chi connectivity index (χ3n) is 1.90. The molecule has 0 unspecified atom stereocenters. The molecule has 0 fully saturated rings. The Morgan fingerprint density at radius 3 is 2.50 bits per heavy atom. The number of rotatable bonds is 3. The molecule has 1 aromatic rings. The van der Waals surface area contributed by atoms with Crippen molar-refractivity contribution in [2.75, 3.05) is 0 Å².